The maximum Gasteiger partial charge on any atom is 0.302 e. The topological polar surface area (TPSA) is 63.6 Å². The Hall–Kier alpha value is -0.900. The van der Waals surface area contributed by atoms with Gasteiger partial charge in [0, 0.05) is 24.2 Å². The van der Waals surface area contributed by atoms with E-state index in [9.17, 15) is 14.7 Å². The van der Waals surface area contributed by atoms with Crippen LogP contribution in [0.3, 0.4) is 0 Å². The molecular formula is C22H34O4. The smallest absolute Gasteiger partial charge is 0.302 e. The molecule has 4 heteroatoms. The fourth-order valence-corrected chi connectivity index (χ4v) is 7.52. The minimum Gasteiger partial charge on any atom is -0.465 e. The fourth-order valence-electron chi connectivity index (χ4n) is 7.52. The number of fused-ring (bicyclic) bond motifs is 5. The van der Waals surface area contributed by atoms with Crippen LogP contribution >= 0.6 is 0 Å². The van der Waals surface area contributed by atoms with Gasteiger partial charge in [0.1, 0.15) is 5.78 Å². The number of ether oxygens (including phenoxy) is 1. The minimum atomic E-state index is -0.594. The zero-order valence-corrected chi connectivity index (χ0v) is 16.6. The van der Waals surface area contributed by atoms with Gasteiger partial charge in [0.25, 0.3) is 0 Å². The van der Waals surface area contributed by atoms with Crippen LogP contribution in [0.2, 0.25) is 0 Å². The van der Waals surface area contributed by atoms with Crippen molar-refractivity contribution in [3.8, 4) is 0 Å². The summed E-state index contributed by atoms with van der Waals surface area (Å²) in [7, 11) is 0. The summed E-state index contributed by atoms with van der Waals surface area (Å²) in [5.74, 6) is 2.31. The van der Waals surface area contributed by atoms with Crippen molar-refractivity contribution in [1.82, 2.24) is 0 Å². The van der Waals surface area contributed by atoms with Crippen molar-refractivity contribution in [2.24, 2.45) is 34.5 Å². The minimum absolute atomic E-state index is 0.00376. The van der Waals surface area contributed by atoms with Gasteiger partial charge in [0.2, 0.25) is 0 Å². The molecule has 7 atom stereocenters. The van der Waals surface area contributed by atoms with Gasteiger partial charge in [0.05, 0.1) is 12.2 Å². The molecule has 26 heavy (non-hydrogen) atoms. The van der Waals surface area contributed by atoms with Crippen molar-refractivity contribution in [3.05, 3.63) is 0 Å². The maximum atomic E-state index is 12.6. The third-order valence-corrected chi connectivity index (χ3v) is 8.91. The van der Waals surface area contributed by atoms with Crippen LogP contribution in [0.4, 0.5) is 0 Å². The van der Waals surface area contributed by atoms with E-state index in [2.05, 4.69) is 6.92 Å². The average Bonchev–Trinajstić information content (AvgIpc) is 2.88. The summed E-state index contributed by atoms with van der Waals surface area (Å²) in [6, 6.07) is 0. The number of hydrogen-bond acceptors (Lipinski definition) is 4. The number of carbonyl (C=O) groups excluding carboxylic acids is 2. The summed E-state index contributed by atoms with van der Waals surface area (Å²) in [6.45, 7) is 6.17. The van der Waals surface area contributed by atoms with E-state index < -0.39 is 5.60 Å². The van der Waals surface area contributed by atoms with E-state index in [-0.39, 0.29) is 16.8 Å². The van der Waals surface area contributed by atoms with Crippen molar-refractivity contribution >= 4 is 11.8 Å². The SMILES string of the molecule is CC(=O)OC[C@]12CC[C@@](C)(O)C[C@@H]1CC[C@@H]1[C@@H]2CC[C@]2(C)C(=O)CC[C@@H]12. The average molecular weight is 363 g/mol. The second-order valence-electron chi connectivity index (χ2n) is 10.3. The van der Waals surface area contributed by atoms with Crippen LogP contribution in [0.25, 0.3) is 0 Å². The molecule has 146 valence electrons. The molecule has 0 unspecified atom stereocenters. The van der Waals surface area contributed by atoms with E-state index in [0.29, 0.717) is 36.1 Å². The molecule has 4 aliphatic carbocycles. The molecule has 4 nitrogen and oxygen atoms in total. The van der Waals surface area contributed by atoms with Gasteiger partial charge in [-0.3, -0.25) is 9.59 Å². The molecule has 4 rings (SSSR count). The monoisotopic (exact) mass is 362 g/mol. The van der Waals surface area contributed by atoms with Gasteiger partial charge >= 0.3 is 5.97 Å². The molecule has 0 saturated heterocycles. The Kier molecular flexibility index (Phi) is 4.30. The lowest BCUT2D eigenvalue weighted by Crippen LogP contribution is -2.58. The molecule has 0 radical (unpaired) electrons. The Bertz CT molecular complexity index is 611. The van der Waals surface area contributed by atoms with Crippen LogP contribution in [0.5, 0.6) is 0 Å². The first kappa shape index (κ1) is 18.5. The Morgan fingerprint density at radius 1 is 1.12 bits per heavy atom. The van der Waals surface area contributed by atoms with Crippen molar-refractivity contribution in [3.63, 3.8) is 0 Å². The molecule has 0 aromatic rings. The van der Waals surface area contributed by atoms with Crippen LogP contribution in [0.15, 0.2) is 0 Å². The second-order valence-corrected chi connectivity index (χ2v) is 10.3. The predicted octanol–water partition coefficient (Wildman–Crippen LogP) is 3.89. The highest BCUT2D eigenvalue weighted by atomic mass is 16.5. The van der Waals surface area contributed by atoms with E-state index in [1.54, 1.807) is 0 Å². The highest BCUT2D eigenvalue weighted by Crippen LogP contribution is 2.66. The third-order valence-electron chi connectivity index (χ3n) is 8.91. The van der Waals surface area contributed by atoms with Crippen molar-refractivity contribution in [2.75, 3.05) is 6.61 Å². The molecule has 1 N–H and O–H groups in total. The number of aliphatic hydroxyl groups is 1. The molecule has 0 aromatic carbocycles. The molecule has 4 aliphatic rings. The van der Waals surface area contributed by atoms with Gasteiger partial charge < -0.3 is 9.84 Å². The fraction of sp³-hybridized carbons (Fsp3) is 0.909. The summed E-state index contributed by atoms with van der Waals surface area (Å²) in [5.41, 5.74) is -0.704. The summed E-state index contributed by atoms with van der Waals surface area (Å²) in [5, 5.41) is 10.7. The Morgan fingerprint density at radius 2 is 1.88 bits per heavy atom. The molecule has 0 heterocycles. The quantitative estimate of drug-likeness (QED) is 0.757. The van der Waals surface area contributed by atoms with Gasteiger partial charge in [0.15, 0.2) is 0 Å². The molecule has 0 aromatic heterocycles. The first-order valence-electron chi connectivity index (χ1n) is 10.6. The molecule has 0 spiro atoms. The number of rotatable bonds is 2. The largest absolute Gasteiger partial charge is 0.465 e. The standard InChI is InChI=1S/C22H34O4/c1-14(23)26-13-22-11-10-20(2,25)12-15(22)4-5-16-17-6-7-19(24)21(17,3)9-8-18(16)22/h15-18,25H,4-13H2,1-3H3/t15-,16-,17-,18-,20+,21-,22+/m0/s1. The van der Waals surface area contributed by atoms with E-state index >= 15 is 0 Å². The van der Waals surface area contributed by atoms with Crippen LogP contribution in [0.1, 0.15) is 78.6 Å². The zero-order chi connectivity index (χ0) is 18.7. The molecule has 4 saturated carbocycles. The summed E-state index contributed by atoms with van der Waals surface area (Å²) >= 11 is 0. The van der Waals surface area contributed by atoms with E-state index in [1.165, 1.54) is 13.3 Å². The normalized spacial score (nSPS) is 50.5. The maximum absolute atomic E-state index is 12.6. The lowest BCUT2D eigenvalue weighted by molar-refractivity contribution is -0.182. The Morgan fingerprint density at radius 3 is 2.62 bits per heavy atom. The molecule has 4 fully saturated rings. The molecule has 0 aliphatic heterocycles. The summed E-state index contributed by atoms with van der Waals surface area (Å²) in [6.07, 6.45) is 8.66. The Labute approximate surface area is 157 Å². The lowest BCUT2D eigenvalue weighted by Gasteiger charge is -2.61. The lowest BCUT2D eigenvalue weighted by atomic mass is 9.44. The van der Waals surface area contributed by atoms with Crippen LogP contribution in [-0.2, 0) is 14.3 Å². The van der Waals surface area contributed by atoms with Crippen LogP contribution in [0, 0.1) is 34.5 Å². The zero-order valence-electron chi connectivity index (χ0n) is 16.6. The first-order chi connectivity index (χ1) is 12.2. The van der Waals surface area contributed by atoms with Crippen molar-refractivity contribution in [1.29, 1.82) is 0 Å². The molecule has 0 bridgehead atoms. The predicted molar refractivity (Wildman–Crippen MR) is 98.3 cm³/mol. The van der Waals surface area contributed by atoms with Crippen molar-refractivity contribution < 1.29 is 19.4 Å². The van der Waals surface area contributed by atoms with E-state index in [4.69, 9.17) is 4.74 Å². The number of esters is 1. The van der Waals surface area contributed by atoms with Gasteiger partial charge in [-0.05, 0) is 82.0 Å². The van der Waals surface area contributed by atoms with Crippen molar-refractivity contribution in [2.45, 2.75) is 84.2 Å². The molecule has 0 amide bonds. The third kappa shape index (κ3) is 2.66. The van der Waals surface area contributed by atoms with Gasteiger partial charge in [-0.1, -0.05) is 6.92 Å². The van der Waals surface area contributed by atoms with Crippen LogP contribution in [-0.4, -0.2) is 29.1 Å². The second kappa shape index (κ2) is 6.05. The molecular weight excluding hydrogens is 328 g/mol. The van der Waals surface area contributed by atoms with Gasteiger partial charge in [-0.2, -0.15) is 0 Å². The van der Waals surface area contributed by atoms with E-state index in [1.807, 2.05) is 6.92 Å². The first-order valence-corrected chi connectivity index (χ1v) is 10.6. The highest BCUT2D eigenvalue weighted by molar-refractivity contribution is 5.87. The Balaban J connectivity index is 1.66. The van der Waals surface area contributed by atoms with Gasteiger partial charge in [-0.25, -0.2) is 0 Å². The highest BCUT2D eigenvalue weighted by Gasteiger charge is 2.62. The number of carbonyl (C=O) groups is 2. The van der Waals surface area contributed by atoms with E-state index in [0.717, 1.165) is 51.4 Å². The summed E-state index contributed by atoms with van der Waals surface area (Å²) < 4.78 is 5.63. The summed E-state index contributed by atoms with van der Waals surface area (Å²) in [4.78, 5) is 24.2. The number of hydrogen-bond donors (Lipinski definition) is 1. The number of Topliss-reactive ketones (excluding diaryl/α,β-unsaturated/α-hetero) is 1. The van der Waals surface area contributed by atoms with Gasteiger partial charge in [-0.15, -0.1) is 0 Å². The van der Waals surface area contributed by atoms with Crippen LogP contribution < -0.4 is 0 Å². The number of ketones is 1.